The summed E-state index contributed by atoms with van der Waals surface area (Å²) in [6, 6.07) is 8.66. The molecule has 0 N–H and O–H groups in total. The monoisotopic (exact) mass is 232 g/mol. The van der Waals surface area contributed by atoms with Gasteiger partial charge in [0.25, 0.3) is 0 Å². The van der Waals surface area contributed by atoms with Crippen LogP contribution in [0.4, 0.5) is 0 Å². The number of hydrogen-bond donors (Lipinski definition) is 0. The van der Waals surface area contributed by atoms with Crippen LogP contribution < -0.4 is 4.74 Å². The van der Waals surface area contributed by atoms with Gasteiger partial charge in [-0.1, -0.05) is 38.8 Å². The highest BCUT2D eigenvalue weighted by molar-refractivity contribution is 5.27. The van der Waals surface area contributed by atoms with Gasteiger partial charge in [-0.25, -0.2) is 0 Å². The van der Waals surface area contributed by atoms with E-state index in [9.17, 15) is 0 Å². The van der Waals surface area contributed by atoms with E-state index < -0.39 is 0 Å². The van der Waals surface area contributed by atoms with E-state index in [-0.39, 0.29) is 0 Å². The summed E-state index contributed by atoms with van der Waals surface area (Å²) >= 11 is 0. The van der Waals surface area contributed by atoms with Crippen molar-refractivity contribution in [1.29, 1.82) is 0 Å². The molecule has 1 nitrogen and oxygen atoms in total. The molecule has 94 valence electrons. The van der Waals surface area contributed by atoms with Crippen molar-refractivity contribution in [2.45, 2.75) is 58.5 Å². The number of hydrogen-bond acceptors (Lipinski definition) is 1. The molecule has 0 radical (unpaired) electrons. The molecule has 0 saturated heterocycles. The van der Waals surface area contributed by atoms with Crippen LogP contribution >= 0.6 is 0 Å². The highest BCUT2D eigenvalue weighted by Gasteiger charge is 2.22. The summed E-state index contributed by atoms with van der Waals surface area (Å²) < 4.78 is 6.10. The van der Waals surface area contributed by atoms with Gasteiger partial charge < -0.3 is 4.74 Å². The molecule has 1 saturated carbocycles. The summed E-state index contributed by atoms with van der Waals surface area (Å²) in [5.41, 5.74) is 1.41. The minimum Gasteiger partial charge on any atom is -0.490 e. The second kappa shape index (κ2) is 6.09. The zero-order valence-corrected chi connectivity index (χ0v) is 11.1. The first-order valence-corrected chi connectivity index (χ1v) is 7.05. The molecular formula is C16H24O. The molecular weight excluding hydrogens is 208 g/mol. The van der Waals surface area contributed by atoms with Crippen LogP contribution in [0.5, 0.6) is 5.75 Å². The lowest BCUT2D eigenvalue weighted by molar-refractivity contribution is 0.102. The normalized spacial score (nSPS) is 24.6. The van der Waals surface area contributed by atoms with E-state index >= 15 is 0 Å². The van der Waals surface area contributed by atoms with Crippen LogP contribution in [0, 0.1) is 5.92 Å². The number of rotatable bonds is 4. The Labute approximate surface area is 105 Å². The number of benzene rings is 1. The Morgan fingerprint density at radius 1 is 1.12 bits per heavy atom. The van der Waals surface area contributed by atoms with Crippen LogP contribution in [0.1, 0.15) is 51.5 Å². The highest BCUT2D eigenvalue weighted by Crippen LogP contribution is 2.28. The molecule has 2 rings (SSSR count). The van der Waals surface area contributed by atoms with E-state index in [4.69, 9.17) is 4.74 Å². The lowest BCUT2D eigenvalue weighted by Crippen LogP contribution is -2.28. The molecule has 1 aromatic rings. The van der Waals surface area contributed by atoms with Crippen LogP contribution in [0.25, 0.3) is 0 Å². The molecule has 1 heteroatoms. The SMILES string of the molecule is CCCc1ccc(O[C@@H]2CCCC[C@@H]2C)cc1. The van der Waals surface area contributed by atoms with Gasteiger partial charge in [-0.2, -0.15) is 0 Å². The summed E-state index contributed by atoms with van der Waals surface area (Å²) in [4.78, 5) is 0. The third-order valence-electron chi connectivity index (χ3n) is 3.78. The van der Waals surface area contributed by atoms with Crippen molar-refractivity contribution < 1.29 is 4.74 Å². The number of aryl methyl sites for hydroxylation is 1. The van der Waals surface area contributed by atoms with Gasteiger partial charge in [-0.3, -0.25) is 0 Å². The maximum absolute atomic E-state index is 6.10. The zero-order chi connectivity index (χ0) is 12.1. The number of ether oxygens (including phenoxy) is 1. The molecule has 17 heavy (non-hydrogen) atoms. The fourth-order valence-corrected chi connectivity index (χ4v) is 2.66. The van der Waals surface area contributed by atoms with Gasteiger partial charge in [0.05, 0.1) is 0 Å². The zero-order valence-electron chi connectivity index (χ0n) is 11.1. The van der Waals surface area contributed by atoms with E-state index in [1.807, 2.05) is 0 Å². The van der Waals surface area contributed by atoms with Crippen LogP contribution in [-0.4, -0.2) is 6.10 Å². The largest absolute Gasteiger partial charge is 0.490 e. The first kappa shape index (κ1) is 12.5. The summed E-state index contributed by atoms with van der Waals surface area (Å²) in [5, 5.41) is 0. The molecule has 0 aliphatic heterocycles. The molecule has 0 heterocycles. The van der Waals surface area contributed by atoms with Gasteiger partial charge in [0.15, 0.2) is 0 Å². The molecule has 1 aliphatic rings. The topological polar surface area (TPSA) is 9.23 Å². The van der Waals surface area contributed by atoms with Gasteiger partial charge in [-0.05, 0) is 49.3 Å². The van der Waals surface area contributed by atoms with E-state index in [1.54, 1.807) is 0 Å². The Morgan fingerprint density at radius 2 is 1.82 bits per heavy atom. The Balaban J connectivity index is 1.93. The highest BCUT2D eigenvalue weighted by atomic mass is 16.5. The van der Waals surface area contributed by atoms with Gasteiger partial charge in [0, 0.05) is 0 Å². The maximum Gasteiger partial charge on any atom is 0.119 e. The molecule has 1 aromatic carbocycles. The summed E-state index contributed by atoms with van der Waals surface area (Å²) in [5.74, 6) is 1.75. The Bertz CT molecular complexity index is 328. The first-order valence-electron chi connectivity index (χ1n) is 7.05. The average Bonchev–Trinajstić information content (AvgIpc) is 2.35. The van der Waals surface area contributed by atoms with Crippen molar-refractivity contribution in [2.75, 3.05) is 0 Å². The lowest BCUT2D eigenvalue weighted by atomic mass is 9.88. The second-order valence-electron chi connectivity index (χ2n) is 5.31. The molecule has 0 amide bonds. The Kier molecular flexibility index (Phi) is 4.47. The fourth-order valence-electron chi connectivity index (χ4n) is 2.66. The second-order valence-corrected chi connectivity index (χ2v) is 5.31. The van der Waals surface area contributed by atoms with Crippen molar-refractivity contribution in [3.63, 3.8) is 0 Å². The van der Waals surface area contributed by atoms with Gasteiger partial charge in [0.1, 0.15) is 11.9 Å². The molecule has 2 atom stereocenters. The van der Waals surface area contributed by atoms with Crippen molar-refractivity contribution >= 4 is 0 Å². The third-order valence-corrected chi connectivity index (χ3v) is 3.78. The van der Waals surface area contributed by atoms with Crippen molar-refractivity contribution in [3.8, 4) is 5.75 Å². The predicted molar refractivity (Wildman–Crippen MR) is 72.5 cm³/mol. The van der Waals surface area contributed by atoms with Crippen LogP contribution in [-0.2, 0) is 6.42 Å². The smallest absolute Gasteiger partial charge is 0.119 e. The summed E-state index contributed by atoms with van der Waals surface area (Å²) in [7, 11) is 0. The summed E-state index contributed by atoms with van der Waals surface area (Å²) in [6.45, 7) is 4.53. The van der Waals surface area contributed by atoms with E-state index in [1.165, 1.54) is 44.1 Å². The predicted octanol–water partition coefficient (Wildman–Crippen LogP) is 4.60. The van der Waals surface area contributed by atoms with E-state index in [2.05, 4.69) is 38.1 Å². The molecule has 0 aromatic heterocycles. The molecule has 0 bridgehead atoms. The Hall–Kier alpha value is -0.980. The van der Waals surface area contributed by atoms with Crippen LogP contribution in [0.3, 0.4) is 0 Å². The quantitative estimate of drug-likeness (QED) is 0.737. The maximum atomic E-state index is 6.10. The average molecular weight is 232 g/mol. The minimum absolute atomic E-state index is 0.431. The third kappa shape index (κ3) is 3.49. The van der Waals surface area contributed by atoms with Crippen LogP contribution in [0.15, 0.2) is 24.3 Å². The van der Waals surface area contributed by atoms with Crippen molar-refractivity contribution in [1.82, 2.24) is 0 Å². The fraction of sp³-hybridized carbons (Fsp3) is 0.625. The Morgan fingerprint density at radius 3 is 2.47 bits per heavy atom. The van der Waals surface area contributed by atoms with Gasteiger partial charge >= 0.3 is 0 Å². The summed E-state index contributed by atoms with van der Waals surface area (Å²) in [6.07, 6.45) is 8.04. The minimum atomic E-state index is 0.431. The van der Waals surface area contributed by atoms with Gasteiger partial charge in [0.2, 0.25) is 0 Å². The molecule has 0 spiro atoms. The lowest BCUT2D eigenvalue weighted by Gasteiger charge is -2.29. The van der Waals surface area contributed by atoms with Crippen molar-refractivity contribution in [3.05, 3.63) is 29.8 Å². The molecule has 0 unspecified atom stereocenters. The van der Waals surface area contributed by atoms with E-state index in [0.29, 0.717) is 12.0 Å². The van der Waals surface area contributed by atoms with Gasteiger partial charge in [-0.15, -0.1) is 0 Å². The molecule has 1 fully saturated rings. The standard InChI is InChI=1S/C16H24O/c1-3-6-14-9-11-15(12-10-14)17-16-8-5-4-7-13(16)2/h9-13,16H,3-8H2,1-2H3/t13-,16+/m0/s1. The van der Waals surface area contributed by atoms with Crippen LogP contribution in [0.2, 0.25) is 0 Å². The molecule has 1 aliphatic carbocycles. The first-order chi connectivity index (χ1) is 8.29. The van der Waals surface area contributed by atoms with E-state index in [0.717, 1.165) is 5.75 Å². The van der Waals surface area contributed by atoms with Crippen molar-refractivity contribution in [2.24, 2.45) is 5.92 Å².